The minimum absolute atomic E-state index is 0.261. The molecule has 5 nitrogen and oxygen atoms in total. The number of rotatable bonds is 3. The summed E-state index contributed by atoms with van der Waals surface area (Å²) in [6, 6.07) is 25.2. The van der Waals surface area contributed by atoms with E-state index in [0.29, 0.717) is 38.3 Å². The Morgan fingerprint density at radius 3 is 2.33 bits per heavy atom. The summed E-state index contributed by atoms with van der Waals surface area (Å²) < 4.78 is 17.0. The normalized spacial score (nSPS) is 15.2. The van der Waals surface area contributed by atoms with Crippen molar-refractivity contribution in [2.45, 2.75) is 17.9 Å². The van der Waals surface area contributed by atoms with Gasteiger partial charge in [0, 0.05) is 0 Å². The molecule has 3 aromatic carbocycles. The Hall–Kier alpha value is -4.02. The fraction of sp³-hybridized carbons (Fsp3) is 0.0769. The van der Waals surface area contributed by atoms with Crippen LogP contribution in [0, 0.1) is 24.1 Å². The highest BCUT2D eigenvalue weighted by Crippen LogP contribution is 2.46. The zero-order chi connectivity index (χ0) is 23.1. The number of nitrogens with zero attached hydrogens (tertiary/aromatic N) is 3. The summed E-state index contributed by atoms with van der Waals surface area (Å²) in [7, 11) is 0. The van der Waals surface area contributed by atoms with Crippen molar-refractivity contribution in [3.63, 3.8) is 0 Å². The van der Waals surface area contributed by atoms with E-state index < -0.39 is 5.92 Å². The Morgan fingerprint density at radius 1 is 0.970 bits per heavy atom. The van der Waals surface area contributed by atoms with Crippen molar-refractivity contribution in [3.8, 4) is 17.4 Å². The number of aryl methyl sites for hydroxylation is 1. The lowest BCUT2D eigenvalue weighted by Gasteiger charge is -2.25. The van der Waals surface area contributed by atoms with Crippen molar-refractivity contribution >= 4 is 11.8 Å². The minimum Gasteiger partial charge on any atom is -0.392 e. The fourth-order valence-corrected chi connectivity index (χ4v) is 5.28. The molecule has 0 saturated carbocycles. The van der Waals surface area contributed by atoms with E-state index in [4.69, 9.17) is 5.73 Å². The van der Waals surface area contributed by atoms with Gasteiger partial charge in [0.05, 0.1) is 39.7 Å². The Morgan fingerprint density at radius 2 is 1.67 bits per heavy atom. The van der Waals surface area contributed by atoms with Crippen LogP contribution in [0.2, 0.25) is 0 Å². The second kappa shape index (κ2) is 8.15. The maximum absolute atomic E-state index is 13.9. The first-order chi connectivity index (χ1) is 16.0. The van der Waals surface area contributed by atoms with E-state index in [9.17, 15) is 14.4 Å². The van der Waals surface area contributed by atoms with Crippen LogP contribution in [0.3, 0.4) is 0 Å². The lowest BCUT2D eigenvalue weighted by molar-refractivity contribution is 0.626. The molecule has 1 aliphatic rings. The van der Waals surface area contributed by atoms with Crippen molar-refractivity contribution < 1.29 is 4.39 Å². The first-order valence-corrected chi connectivity index (χ1v) is 11.1. The van der Waals surface area contributed by atoms with Gasteiger partial charge in [-0.2, -0.15) is 5.26 Å². The van der Waals surface area contributed by atoms with Crippen molar-refractivity contribution in [1.82, 2.24) is 9.13 Å². The van der Waals surface area contributed by atoms with Gasteiger partial charge in [0.15, 0.2) is 0 Å². The molecular formula is C26H19FN4OS. The summed E-state index contributed by atoms with van der Waals surface area (Å²) in [5.74, 6) is -0.997. The minimum atomic E-state index is -0.620. The molecule has 7 heteroatoms. The third kappa shape index (κ3) is 3.45. The number of thioether (sulfide) groups is 1. The number of hydrogen-bond acceptors (Lipinski definition) is 4. The highest BCUT2D eigenvalue weighted by atomic mass is 32.2. The van der Waals surface area contributed by atoms with Gasteiger partial charge in [0.25, 0.3) is 0 Å². The Bertz CT molecular complexity index is 1490. The lowest BCUT2D eigenvalue weighted by atomic mass is 9.88. The van der Waals surface area contributed by atoms with E-state index in [1.165, 1.54) is 23.9 Å². The molecule has 0 saturated heterocycles. The largest absolute Gasteiger partial charge is 0.392 e. The Labute approximate surface area is 194 Å². The molecule has 0 spiro atoms. The monoisotopic (exact) mass is 454 g/mol. The van der Waals surface area contributed by atoms with Crippen LogP contribution in [0.25, 0.3) is 11.4 Å². The third-order valence-corrected chi connectivity index (χ3v) is 6.70. The molecule has 0 aliphatic carbocycles. The van der Waals surface area contributed by atoms with Crippen LogP contribution in [-0.4, -0.2) is 9.13 Å². The van der Waals surface area contributed by atoms with Crippen LogP contribution in [0.15, 0.2) is 99.3 Å². The van der Waals surface area contributed by atoms with Gasteiger partial charge in [-0.15, -0.1) is 0 Å². The number of nitriles is 1. The topological polar surface area (TPSA) is 76.7 Å². The molecule has 1 atom stereocenters. The second-order valence-corrected chi connectivity index (χ2v) is 8.83. The number of nitrogens with two attached hydrogens (primary N) is 1. The van der Waals surface area contributed by atoms with E-state index in [2.05, 4.69) is 6.07 Å². The summed E-state index contributed by atoms with van der Waals surface area (Å²) in [6.45, 7) is 1.96. The molecule has 2 N–H and O–H groups in total. The third-order valence-electron chi connectivity index (χ3n) is 5.68. The molecule has 0 bridgehead atoms. The molecule has 5 rings (SSSR count). The number of imidazole rings is 1. The number of para-hydroxylation sites is 1. The number of halogens is 1. The maximum atomic E-state index is 13.9. The highest BCUT2D eigenvalue weighted by molar-refractivity contribution is 8.03. The van der Waals surface area contributed by atoms with Crippen LogP contribution in [0.5, 0.6) is 0 Å². The van der Waals surface area contributed by atoms with Crippen molar-refractivity contribution in [3.05, 3.63) is 123 Å². The number of aromatic nitrogens is 2. The fourth-order valence-electron chi connectivity index (χ4n) is 4.21. The number of benzene rings is 3. The average molecular weight is 455 g/mol. The molecule has 1 aliphatic heterocycles. The molecule has 4 aromatic rings. The molecule has 33 heavy (non-hydrogen) atoms. The molecule has 1 aromatic heterocycles. The predicted octanol–water partition coefficient (Wildman–Crippen LogP) is 5.01. The molecule has 0 fully saturated rings. The van der Waals surface area contributed by atoms with E-state index in [-0.39, 0.29) is 11.5 Å². The standard InChI is InChI=1S/C26H19FN4OS/c1-16-6-5-9-20(14-16)31-25-23(30(26(31)32)19-7-3-2-4-8-19)22(21(15-28)24(29)33-25)17-10-12-18(27)13-11-17/h2-14,22H,29H2,1H3. The lowest BCUT2D eigenvalue weighted by Crippen LogP contribution is -2.24. The molecule has 2 heterocycles. The maximum Gasteiger partial charge on any atom is 0.338 e. The summed E-state index contributed by atoms with van der Waals surface area (Å²) in [4.78, 5) is 13.9. The first-order valence-electron chi connectivity index (χ1n) is 10.3. The number of hydrogen-bond donors (Lipinski definition) is 1. The van der Waals surface area contributed by atoms with Crippen LogP contribution < -0.4 is 11.4 Å². The molecule has 0 amide bonds. The first kappa shape index (κ1) is 20.9. The van der Waals surface area contributed by atoms with Gasteiger partial charge in [0.2, 0.25) is 0 Å². The van der Waals surface area contributed by atoms with Gasteiger partial charge in [-0.1, -0.05) is 54.2 Å². The van der Waals surface area contributed by atoms with Crippen LogP contribution >= 0.6 is 11.8 Å². The SMILES string of the molecule is Cc1cccc(-n2c3c(n(-c4ccccc4)c2=O)C(c2ccc(F)cc2)C(C#N)=C(N)S3)c1. The van der Waals surface area contributed by atoms with Gasteiger partial charge in [-0.25, -0.2) is 9.18 Å². The summed E-state index contributed by atoms with van der Waals surface area (Å²) in [6.07, 6.45) is 0. The predicted molar refractivity (Wildman–Crippen MR) is 127 cm³/mol. The summed E-state index contributed by atoms with van der Waals surface area (Å²) >= 11 is 1.21. The molecule has 0 radical (unpaired) electrons. The smallest absolute Gasteiger partial charge is 0.338 e. The van der Waals surface area contributed by atoms with Crippen molar-refractivity contribution in [2.75, 3.05) is 0 Å². The summed E-state index contributed by atoms with van der Waals surface area (Å²) in [5.41, 5.74) is 10.2. The van der Waals surface area contributed by atoms with Gasteiger partial charge in [-0.05, 0) is 54.4 Å². The van der Waals surface area contributed by atoms with Crippen LogP contribution in [0.1, 0.15) is 22.7 Å². The molecule has 162 valence electrons. The second-order valence-electron chi connectivity index (χ2n) is 7.79. The van der Waals surface area contributed by atoms with Gasteiger partial charge in [0.1, 0.15) is 10.8 Å². The van der Waals surface area contributed by atoms with Crippen molar-refractivity contribution in [2.24, 2.45) is 5.73 Å². The number of allylic oxidation sites excluding steroid dienone is 1. The zero-order valence-corrected chi connectivity index (χ0v) is 18.5. The van der Waals surface area contributed by atoms with E-state index in [0.717, 1.165) is 5.56 Å². The summed E-state index contributed by atoms with van der Waals surface area (Å²) in [5, 5.41) is 11.0. The number of fused-ring (bicyclic) bond motifs is 1. The van der Waals surface area contributed by atoms with Gasteiger partial charge in [-0.3, -0.25) is 9.13 Å². The Kier molecular flexibility index (Phi) is 5.15. The molecule has 1 unspecified atom stereocenters. The van der Waals surface area contributed by atoms with E-state index in [1.807, 2.05) is 61.5 Å². The highest BCUT2D eigenvalue weighted by Gasteiger charge is 2.37. The average Bonchev–Trinajstić information content (AvgIpc) is 3.10. The van der Waals surface area contributed by atoms with Crippen LogP contribution in [-0.2, 0) is 0 Å². The Balaban J connectivity index is 1.89. The van der Waals surface area contributed by atoms with Crippen LogP contribution in [0.4, 0.5) is 4.39 Å². The quantitative estimate of drug-likeness (QED) is 0.472. The zero-order valence-electron chi connectivity index (χ0n) is 17.7. The van der Waals surface area contributed by atoms with Gasteiger partial charge < -0.3 is 5.73 Å². The molecular weight excluding hydrogens is 435 g/mol. The van der Waals surface area contributed by atoms with E-state index in [1.54, 1.807) is 21.3 Å². The van der Waals surface area contributed by atoms with Crippen molar-refractivity contribution in [1.29, 1.82) is 5.26 Å². The van der Waals surface area contributed by atoms with E-state index >= 15 is 0 Å². The van der Waals surface area contributed by atoms with Gasteiger partial charge >= 0.3 is 5.69 Å².